The van der Waals surface area contributed by atoms with Gasteiger partial charge >= 0.3 is 0 Å². The summed E-state index contributed by atoms with van der Waals surface area (Å²) < 4.78 is 0.988. The van der Waals surface area contributed by atoms with E-state index >= 15 is 0 Å². The highest BCUT2D eigenvalue weighted by Crippen LogP contribution is 2.65. The van der Waals surface area contributed by atoms with Crippen LogP contribution in [0.3, 0.4) is 0 Å². The number of benzene rings is 2. The van der Waals surface area contributed by atoms with Crippen molar-refractivity contribution in [2.24, 2.45) is 4.99 Å². The van der Waals surface area contributed by atoms with Gasteiger partial charge in [0.05, 0.1) is 10.4 Å². The van der Waals surface area contributed by atoms with Gasteiger partial charge in [-0.1, -0.05) is 58.4 Å². The van der Waals surface area contributed by atoms with Crippen molar-refractivity contribution in [2.45, 2.75) is 10.00 Å². The first-order chi connectivity index (χ1) is 10.3. The molecule has 4 rings (SSSR count). The minimum absolute atomic E-state index is 0.0389. The molecule has 1 aliphatic carbocycles. The van der Waals surface area contributed by atoms with Gasteiger partial charge in [0.15, 0.2) is 0 Å². The van der Waals surface area contributed by atoms with E-state index in [4.69, 9.17) is 0 Å². The maximum atomic E-state index is 10.7. The van der Waals surface area contributed by atoms with E-state index in [1.807, 2.05) is 30.0 Å². The summed E-state index contributed by atoms with van der Waals surface area (Å²) >= 11 is 5.52. The summed E-state index contributed by atoms with van der Waals surface area (Å²) in [5.41, 5.74) is 1.93. The molecule has 102 valence electrons. The van der Waals surface area contributed by atoms with Gasteiger partial charge in [-0.25, -0.2) is 4.79 Å². The number of aliphatic imine (C=N–C) groups is 1. The molecule has 2 unspecified atom stereocenters. The van der Waals surface area contributed by atoms with Crippen molar-refractivity contribution in [3.8, 4) is 0 Å². The molecule has 21 heavy (non-hydrogen) atoms. The first-order valence-corrected chi connectivity index (χ1v) is 8.27. The Bertz CT molecular complexity index is 866. The SMILES string of the molecule is O=C=Nc1ccc(C23C=CC=CC2S3)c2cccc(Br)c12. The first kappa shape index (κ1) is 13.1. The van der Waals surface area contributed by atoms with Crippen molar-refractivity contribution < 1.29 is 4.79 Å². The van der Waals surface area contributed by atoms with Crippen molar-refractivity contribution in [1.29, 1.82) is 0 Å². The quantitative estimate of drug-likeness (QED) is 0.430. The van der Waals surface area contributed by atoms with Crippen LogP contribution in [0, 0.1) is 0 Å². The fourth-order valence-corrected chi connectivity index (χ4v) is 4.83. The third kappa shape index (κ3) is 1.87. The van der Waals surface area contributed by atoms with Crippen LogP contribution in [0.1, 0.15) is 5.56 Å². The van der Waals surface area contributed by atoms with Crippen LogP contribution in [0.4, 0.5) is 5.69 Å². The van der Waals surface area contributed by atoms with E-state index in [1.54, 1.807) is 6.08 Å². The van der Waals surface area contributed by atoms with Crippen LogP contribution in [0.15, 0.2) is 64.1 Å². The van der Waals surface area contributed by atoms with Crippen molar-refractivity contribution in [1.82, 2.24) is 0 Å². The molecular weight excluding hydrogens is 346 g/mol. The standard InChI is InChI=1S/C17H10BrNOS/c18-13-5-3-4-11-12(7-8-14(16(11)13)19-10-20)17-9-2-1-6-15(17)21-17/h1-9,15H. The zero-order valence-electron chi connectivity index (χ0n) is 10.9. The Morgan fingerprint density at radius 2 is 2.14 bits per heavy atom. The Labute approximate surface area is 134 Å². The lowest BCUT2D eigenvalue weighted by Gasteiger charge is -2.16. The van der Waals surface area contributed by atoms with Gasteiger partial charge in [-0.15, -0.1) is 11.8 Å². The number of hydrogen-bond acceptors (Lipinski definition) is 3. The highest BCUT2D eigenvalue weighted by atomic mass is 79.9. The van der Waals surface area contributed by atoms with Crippen LogP contribution in [0.2, 0.25) is 0 Å². The molecule has 0 saturated carbocycles. The third-order valence-corrected chi connectivity index (χ3v) is 6.17. The summed E-state index contributed by atoms with van der Waals surface area (Å²) in [6, 6.07) is 10.1. The molecule has 0 amide bonds. The second-order valence-electron chi connectivity index (χ2n) is 5.07. The summed E-state index contributed by atoms with van der Waals surface area (Å²) in [5, 5.41) is 2.61. The zero-order valence-corrected chi connectivity index (χ0v) is 13.3. The van der Waals surface area contributed by atoms with Crippen LogP contribution < -0.4 is 0 Å². The Morgan fingerprint density at radius 3 is 2.95 bits per heavy atom. The number of nitrogens with zero attached hydrogens (tertiary/aromatic N) is 1. The van der Waals surface area contributed by atoms with Gasteiger partial charge in [-0.3, -0.25) is 0 Å². The van der Waals surface area contributed by atoms with Crippen molar-refractivity contribution in [2.75, 3.05) is 0 Å². The molecule has 0 aromatic heterocycles. The molecule has 0 spiro atoms. The lowest BCUT2D eigenvalue weighted by atomic mass is 9.88. The highest BCUT2D eigenvalue weighted by molar-refractivity contribution is 9.10. The summed E-state index contributed by atoms with van der Waals surface area (Å²) in [6.07, 6.45) is 10.4. The van der Waals surface area contributed by atoms with E-state index in [-0.39, 0.29) is 4.75 Å². The maximum absolute atomic E-state index is 10.7. The molecule has 1 aliphatic heterocycles. The molecule has 1 saturated heterocycles. The number of rotatable bonds is 2. The Hall–Kier alpha value is -1.61. The van der Waals surface area contributed by atoms with Crippen LogP contribution >= 0.6 is 27.7 Å². The van der Waals surface area contributed by atoms with Gasteiger partial charge in [0.1, 0.15) is 0 Å². The minimum Gasteiger partial charge on any atom is -0.211 e. The lowest BCUT2D eigenvalue weighted by molar-refractivity contribution is 0.565. The van der Waals surface area contributed by atoms with Gasteiger partial charge < -0.3 is 0 Å². The summed E-state index contributed by atoms with van der Waals surface area (Å²) in [5.74, 6) is 0. The van der Waals surface area contributed by atoms with E-state index in [0.717, 1.165) is 15.2 Å². The van der Waals surface area contributed by atoms with Gasteiger partial charge in [-0.05, 0) is 23.1 Å². The monoisotopic (exact) mass is 355 g/mol. The summed E-state index contributed by atoms with van der Waals surface area (Å²) in [7, 11) is 0. The van der Waals surface area contributed by atoms with Gasteiger partial charge in [0.25, 0.3) is 0 Å². The fourth-order valence-electron chi connectivity index (χ4n) is 2.99. The van der Waals surface area contributed by atoms with Crippen LogP contribution in [-0.2, 0) is 9.54 Å². The predicted octanol–water partition coefficient (Wildman–Crippen LogP) is 5.01. The Morgan fingerprint density at radius 1 is 1.24 bits per heavy atom. The van der Waals surface area contributed by atoms with E-state index in [0.29, 0.717) is 10.9 Å². The number of thioether (sulfide) groups is 1. The normalized spacial score (nSPS) is 25.5. The number of hydrogen-bond donors (Lipinski definition) is 0. The second kappa shape index (κ2) is 4.70. The van der Waals surface area contributed by atoms with E-state index in [1.165, 1.54) is 5.56 Å². The number of allylic oxidation sites excluding steroid dienone is 2. The molecule has 2 aliphatic rings. The average molecular weight is 356 g/mol. The summed E-state index contributed by atoms with van der Waals surface area (Å²) in [6.45, 7) is 0. The second-order valence-corrected chi connectivity index (χ2v) is 7.35. The van der Waals surface area contributed by atoms with Crippen molar-refractivity contribution >= 4 is 50.2 Å². The molecule has 2 aromatic rings. The molecule has 2 nitrogen and oxygen atoms in total. The molecule has 2 atom stereocenters. The Balaban J connectivity index is 2.03. The molecule has 4 heteroatoms. The average Bonchev–Trinajstić information content (AvgIpc) is 3.23. The van der Waals surface area contributed by atoms with Gasteiger partial charge in [0.2, 0.25) is 6.08 Å². The van der Waals surface area contributed by atoms with Gasteiger partial charge in [-0.2, -0.15) is 4.99 Å². The molecular formula is C17H10BrNOS. The summed E-state index contributed by atoms with van der Waals surface area (Å²) in [4.78, 5) is 14.5. The molecule has 2 aromatic carbocycles. The van der Waals surface area contributed by atoms with E-state index in [2.05, 4.69) is 57.4 Å². The fraction of sp³-hybridized carbons (Fsp3) is 0.118. The van der Waals surface area contributed by atoms with Crippen LogP contribution in [-0.4, -0.2) is 11.3 Å². The molecule has 1 fully saturated rings. The lowest BCUT2D eigenvalue weighted by Crippen LogP contribution is -2.10. The number of isocyanates is 1. The van der Waals surface area contributed by atoms with Gasteiger partial charge in [0, 0.05) is 15.1 Å². The molecule has 0 radical (unpaired) electrons. The van der Waals surface area contributed by atoms with Crippen molar-refractivity contribution in [3.05, 3.63) is 64.7 Å². The largest absolute Gasteiger partial charge is 0.240 e. The smallest absolute Gasteiger partial charge is 0.211 e. The number of halogens is 1. The van der Waals surface area contributed by atoms with E-state index in [9.17, 15) is 4.79 Å². The molecule has 0 bridgehead atoms. The topological polar surface area (TPSA) is 29.4 Å². The van der Waals surface area contributed by atoms with E-state index < -0.39 is 0 Å². The first-order valence-electron chi connectivity index (χ1n) is 6.60. The van der Waals surface area contributed by atoms with Crippen LogP contribution in [0.5, 0.6) is 0 Å². The third-order valence-electron chi connectivity index (χ3n) is 3.98. The maximum Gasteiger partial charge on any atom is 0.240 e. The highest BCUT2D eigenvalue weighted by Gasteiger charge is 2.54. The van der Waals surface area contributed by atoms with Crippen molar-refractivity contribution in [3.63, 3.8) is 0 Å². The Kier molecular flexibility index (Phi) is 2.93. The molecule has 1 heterocycles. The molecule has 0 N–H and O–H groups in total. The number of carbonyl (C=O) groups excluding carboxylic acids is 1. The predicted molar refractivity (Wildman–Crippen MR) is 90.8 cm³/mol. The minimum atomic E-state index is 0.0389. The number of fused-ring (bicyclic) bond motifs is 2. The zero-order chi connectivity index (χ0) is 14.4. The van der Waals surface area contributed by atoms with Crippen LogP contribution in [0.25, 0.3) is 10.8 Å².